The zero-order valence-corrected chi connectivity index (χ0v) is 15.2. The summed E-state index contributed by atoms with van der Waals surface area (Å²) in [6, 6.07) is 0.347. The molecule has 2 aliphatic rings. The monoisotopic (exact) mass is 361 g/mol. The van der Waals surface area contributed by atoms with E-state index in [1.54, 1.807) is 11.3 Å². The summed E-state index contributed by atoms with van der Waals surface area (Å²) in [6.07, 6.45) is 3.88. The van der Waals surface area contributed by atoms with E-state index >= 15 is 0 Å². The van der Waals surface area contributed by atoms with Gasteiger partial charge < -0.3 is 15.1 Å². The zero-order chi connectivity index (χ0) is 17.2. The number of carbonyl (C=O) groups is 1. The van der Waals surface area contributed by atoms with E-state index < -0.39 is 0 Å². The molecule has 2 aliphatic heterocycles. The highest BCUT2D eigenvalue weighted by Crippen LogP contribution is 2.22. The lowest BCUT2D eigenvalue weighted by atomic mass is 10.1. The van der Waals surface area contributed by atoms with Crippen molar-refractivity contribution in [2.24, 2.45) is 0 Å². The Labute approximate surface area is 150 Å². The van der Waals surface area contributed by atoms with Crippen molar-refractivity contribution < 1.29 is 4.79 Å². The van der Waals surface area contributed by atoms with Crippen LogP contribution in [0.25, 0.3) is 0 Å². The van der Waals surface area contributed by atoms with E-state index in [0.717, 1.165) is 49.8 Å². The first-order valence-corrected chi connectivity index (χ1v) is 9.67. The van der Waals surface area contributed by atoms with Crippen LogP contribution in [0, 0.1) is 6.92 Å². The molecule has 0 atom stereocenters. The number of amides is 1. The fourth-order valence-corrected chi connectivity index (χ4v) is 4.23. The predicted octanol–water partition coefficient (Wildman–Crippen LogP) is 0.930. The molecule has 0 radical (unpaired) electrons. The van der Waals surface area contributed by atoms with Gasteiger partial charge in [-0.15, -0.1) is 16.4 Å². The highest BCUT2D eigenvalue weighted by molar-refractivity contribution is 7.13. The molecule has 2 aromatic heterocycles. The van der Waals surface area contributed by atoms with Crippen molar-refractivity contribution in [3.8, 4) is 0 Å². The van der Waals surface area contributed by atoms with Gasteiger partial charge in [-0.1, -0.05) is 5.21 Å². The van der Waals surface area contributed by atoms with Crippen LogP contribution >= 0.6 is 11.3 Å². The molecular weight excluding hydrogens is 338 g/mol. The Kier molecular flexibility index (Phi) is 4.67. The predicted molar refractivity (Wildman–Crippen MR) is 96.1 cm³/mol. The molecule has 9 heteroatoms. The molecule has 25 heavy (non-hydrogen) atoms. The first-order chi connectivity index (χ1) is 12.2. The van der Waals surface area contributed by atoms with Crippen molar-refractivity contribution in [3.63, 3.8) is 0 Å². The Balaban J connectivity index is 1.36. The van der Waals surface area contributed by atoms with Crippen molar-refractivity contribution in [1.82, 2.24) is 30.2 Å². The Bertz CT molecular complexity index is 728. The molecule has 2 fully saturated rings. The zero-order valence-electron chi connectivity index (χ0n) is 14.4. The highest BCUT2D eigenvalue weighted by atomic mass is 32.1. The smallest absolute Gasteiger partial charge is 0.276 e. The van der Waals surface area contributed by atoms with Gasteiger partial charge in [-0.25, -0.2) is 9.67 Å². The molecule has 4 rings (SSSR count). The summed E-state index contributed by atoms with van der Waals surface area (Å²) in [6.45, 7) is 6.99. The maximum Gasteiger partial charge on any atom is 0.276 e. The van der Waals surface area contributed by atoms with Gasteiger partial charge in [0.05, 0.1) is 17.9 Å². The topological polar surface area (TPSA) is 79.2 Å². The van der Waals surface area contributed by atoms with Gasteiger partial charge in [0, 0.05) is 31.6 Å². The van der Waals surface area contributed by atoms with E-state index in [9.17, 15) is 4.79 Å². The van der Waals surface area contributed by atoms with Crippen molar-refractivity contribution in [2.45, 2.75) is 25.8 Å². The molecule has 0 aliphatic carbocycles. The SMILES string of the molecule is Cc1csc(N2CCN(C(=O)c3cn(C4CCNCC4)nn3)CC2)n1. The normalized spacial score (nSPS) is 19.4. The number of rotatable bonds is 3. The number of piperidine rings is 1. The van der Waals surface area contributed by atoms with E-state index in [2.05, 4.69) is 30.9 Å². The van der Waals surface area contributed by atoms with E-state index in [-0.39, 0.29) is 5.91 Å². The number of nitrogens with zero attached hydrogens (tertiary/aromatic N) is 6. The number of aryl methyl sites for hydroxylation is 1. The third-order valence-corrected chi connectivity index (χ3v) is 5.88. The van der Waals surface area contributed by atoms with Crippen molar-refractivity contribution in [3.05, 3.63) is 23.0 Å². The molecule has 2 saturated heterocycles. The van der Waals surface area contributed by atoms with Gasteiger partial charge in [-0.2, -0.15) is 0 Å². The molecule has 0 spiro atoms. The second kappa shape index (κ2) is 7.09. The van der Waals surface area contributed by atoms with Crippen molar-refractivity contribution in [1.29, 1.82) is 0 Å². The van der Waals surface area contributed by atoms with Crippen LogP contribution in [0.4, 0.5) is 5.13 Å². The van der Waals surface area contributed by atoms with Gasteiger partial charge in [-0.3, -0.25) is 4.79 Å². The van der Waals surface area contributed by atoms with Gasteiger partial charge in [0.1, 0.15) is 0 Å². The number of aromatic nitrogens is 4. The molecule has 1 N–H and O–H groups in total. The summed E-state index contributed by atoms with van der Waals surface area (Å²) in [5.41, 5.74) is 1.50. The van der Waals surface area contributed by atoms with Gasteiger partial charge in [-0.05, 0) is 32.9 Å². The fourth-order valence-electron chi connectivity index (χ4n) is 3.37. The number of piperazine rings is 1. The third kappa shape index (κ3) is 3.52. The Morgan fingerprint density at radius 1 is 1.24 bits per heavy atom. The fraction of sp³-hybridized carbons (Fsp3) is 0.625. The maximum absolute atomic E-state index is 12.7. The molecule has 0 bridgehead atoms. The quantitative estimate of drug-likeness (QED) is 0.876. The minimum atomic E-state index is -0.0184. The number of thiazole rings is 1. The van der Waals surface area contributed by atoms with Crippen LogP contribution in [0.3, 0.4) is 0 Å². The lowest BCUT2D eigenvalue weighted by molar-refractivity contribution is 0.0740. The lowest BCUT2D eigenvalue weighted by Gasteiger charge is -2.34. The summed E-state index contributed by atoms with van der Waals surface area (Å²) in [7, 11) is 0. The first-order valence-electron chi connectivity index (χ1n) is 8.79. The number of carbonyl (C=O) groups excluding carboxylic acids is 1. The lowest BCUT2D eigenvalue weighted by Crippen LogP contribution is -2.48. The summed E-state index contributed by atoms with van der Waals surface area (Å²) < 4.78 is 1.86. The van der Waals surface area contributed by atoms with E-state index in [4.69, 9.17) is 0 Å². The summed E-state index contributed by atoms with van der Waals surface area (Å²) in [5.74, 6) is -0.0184. The maximum atomic E-state index is 12.7. The van der Waals surface area contributed by atoms with Crippen LogP contribution in [-0.4, -0.2) is 70.1 Å². The van der Waals surface area contributed by atoms with Gasteiger partial charge in [0.25, 0.3) is 5.91 Å². The van der Waals surface area contributed by atoms with E-state index in [1.165, 1.54) is 0 Å². The standard InChI is InChI=1S/C16H23N7OS/c1-12-11-25-16(18-12)22-8-6-21(7-9-22)15(24)14-10-23(20-19-14)13-2-4-17-5-3-13/h10-11,13,17H,2-9H2,1H3. The number of nitrogens with one attached hydrogen (secondary N) is 1. The third-order valence-electron chi connectivity index (χ3n) is 4.86. The molecule has 1 amide bonds. The number of anilines is 1. The van der Waals surface area contributed by atoms with E-state index in [0.29, 0.717) is 24.8 Å². The minimum absolute atomic E-state index is 0.0184. The Morgan fingerprint density at radius 3 is 2.68 bits per heavy atom. The molecule has 0 unspecified atom stereocenters. The largest absolute Gasteiger partial charge is 0.345 e. The number of hydrogen-bond acceptors (Lipinski definition) is 7. The summed E-state index contributed by atoms with van der Waals surface area (Å²) >= 11 is 1.66. The molecule has 8 nitrogen and oxygen atoms in total. The van der Waals surface area contributed by atoms with Gasteiger partial charge >= 0.3 is 0 Å². The van der Waals surface area contributed by atoms with Crippen LogP contribution < -0.4 is 10.2 Å². The molecule has 134 valence electrons. The average Bonchev–Trinajstić information content (AvgIpc) is 3.31. The highest BCUT2D eigenvalue weighted by Gasteiger charge is 2.26. The van der Waals surface area contributed by atoms with Crippen LogP contribution in [-0.2, 0) is 0 Å². The Morgan fingerprint density at radius 2 is 2.00 bits per heavy atom. The van der Waals surface area contributed by atoms with Crippen LogP contribution in [0.15, 0.2) is 11.6 Å². The molecule has 0 aromatic carbocycles. The summed E-state index contributed by atoms with van der Waals surface area (Å²) in [5, 5.41) is 14.8. The van der Waals surface area contributed by atoms with Crippen LogP contribution in [0.1, 0.15) is 35.1 Å². The first kappa shape index (κ1) is 16.5. The van der Waals surface area contributed by atoms with Crippen LogP contribution in [0.2, 0.25) is 0 Å². The van der Waals surface area contributed by atoms with Crippen molar-refractivity contribution in [2.75, 3.05) is 44.2 Å². The molecule has 0 saturated carbocycles. The molecule has 4 heterocycles. The minimum Gasteiger partial charge on any atom is -0.345 e. The Hall–Kier alpha value is -2.00. The molecular formula is C16H23N7OS. The van der Waals surface area contributed by atoms with Gasteiger partial charge in [0.2, 0.25) is 0 Å². The second-order valence-electron chi connectivity index (χ2n) is 6.62. The second-order valence-corrected chi connectivity index (χ2v) is 7.45. The van der Waals surface area contributed by atoms with Gasteiger partial charge in [0.15, 0.2) is 10.8 Å². The van der Waals surface area contributed by atoms with Crippen molar-refractivity contribution >= 4 is 22.4 Å². The van der Waals surface area contributed by atoms with E-state index in [1.807, 2.05) is 22.7 Å². The van der Waals surface area contributed by atoms with Crippen LogP contribution in [0.5, 0.6) is 0 Å². The number of hydrogen-bond donors (Lipinski definition) is 1. The molecule has 2 aromatic rings. The average molecular weight is 361 g/mol. The summed E-state index contributed by atoms with van der Waals surface area (Å²) in [4.78, 5) is 21.3.